The Kier molecular flexibility index (Phi) is 3.32. The fourth-order valence-corrected chi connectivity index (χ4v) is 3.15. The molecule has 0 radical (unpaired) electrons. The van der Waals surface area contributed by atoms with Gasteiger partial charge in [-0.2, -0.15) is 8.46 Å². The molecule has 0 saturated heterocycles. The number of carbonyl (C=O) groups excluding carboxylic acids is 1. The van der Waals surface area contributed by atoms with Gasteiger partial charge in [0.1, 0.15) is 0 Å². The summed E-state index contributed by atoms with van der Waals surface area (Å²) in [6, 6.07) is 7.80. The van der Waals surface area contributed by atoms with Crippen molar-refractivity contribution < 1.29 is 4.79 Å². The molecular weight excluding hydrogens is 300 g/mol. The first-order valence-electron chi connectivity index (χ1n) is 5.24. The van der Waals surface area contributed by atoms with E-state index in [9.17, 15) is 4.79 Å². The van der Waals surface area contributed by atoms with Crippen LogP contribution in [-0.2, 0) is 7.05 Å². The zero-order chi connectivity index (χ0) is 12.6. The minimum absolute atomic E-state index is 0.0978. The number of para-hydroxylation sites is 2. The molecule has 2 aromatic rings. The molecule has 1 heterocycles. The highest BCUT2D eigenvalue weighted by atomic mass is 79.9. The van der Waals surface area contributed by atoms with Crippen LogP contribution in [0.4, 0.5) is 0 Å². The highest BCUT2D eigenvalue weighted by molar-refractivity contribution is 9.58. The largest absolute Gasteiger partial charge is 0.325 e. The summed E-state index contributed by atoms with van der Waals surface area (Å²) in [4.78, 5) is 16.6. The van der Waals surface area contributed by atoms with E-state index in [1.54, 1.807) is 0 Å². The maximum absolute atomic E-state index is 12.2. The topological polar surface area (TPSA) is 34.9 Å². The van der Waals surface area contributed by atoms with Crippen LogP contribution in [0.25, 0.3) is 11.0 Å². The van der Waals surface area contributed by atoms with Crippen LogP contribution in [0.1, 0.15) is 10.6 Å². The van der Waals surface area contributed by atoms with Gasteiger partial charge in [0.15, 0.2) is 5.82 Å². The standard InChI is InChI=1S/C12H15BrN2OS/c1-15-10-7-5-4-6-9(10)14-12(15)11(16)8-17(2,3)13/h4-7H,8H2,1-3H3. The van der Waals surface area contributed by atoms with Crippen LogP contribution in [0, 0.1) is 0 Å². The SMILES string of the molecule is Cn1c(C(=O)CS(C)(C)Br)nc2ccccc21. The number of hydrogen-bond acceptors (Lipinski definition) is 2. The first-order chi connectivity index (χ1) is 7.88. The molecule has 0 aliphatic heterocycles. The molecule has 0 aliphatic rings. The van der Waals surface area contributed by atoms with Crippen molar-refractivity contribution in [1.29, 1.82) is 0 Å². The normalized spacial score (nSPS) is 12.9. The number of fused-ring (bicyclic) bond motifs is 1. The van der Waals surface area contributed by atoms with E-state index < -0.39 is 8.46 Å². The van der Waals surface area contributed by atoms with Crippen molar-refractivity contribution in [3.05, 3.63) is 30.1 Å². The second-order valence-corrected chi connectivity index (χ2v) is 12.8. The number of halogens is 1. The Morgan fingerprint density at radius 3 is 2.65 bits per heavy atom. The van der Waals surface area contributed by atoms with E-state index >= 15 is 0 Å². The zero-order valence-electron chi connectivity index (χ0n) is 10.1. The summed E-state index contributed by atoms with van der Waals surface area (Å²) >= 11 is 3.57. The minimum Gasteiger partial charge on any atom is -0.325 e. The molecule has 0 saturated carbocycles. The van der Waals surface area contributed by atoms with Crippen LogP contribution in [0.15, 0.2) is 24.3 Å². The number of imidazole rings is 1. The molecule has 0 spiro atoms. The molecular formula is C12H15BrN2OS. The molecule has 0 N–H and O–H groups in total. The van der Waals surface area contributed by atoms with Gasteiger partial charge in [0.25, 0.3) is 0 Å². The lowest BCUT2D eigenvalue weighted by atomic mass is 10.3. The number of aryl methyl sites for hydroxylation is 1. The molecule has 0 atom stereocenters. The quantitative estimate of drug-likeness (QED) is 0.816. The van der Waals surface area contributed by atoms with Crippen molar-refractivity contribution in [2.24, 2.45) is 7.05 Å². The third-order valence-electron chi connectivity index (χ3n) is 2.51. The summed E-state index contributed by atoms with van der Waals surface area (Å²) in [6.07, 6.45) is 4.13. The molecule has 0 unspecified atom stereocenters. The van der Waals surface area contributed by atoms with Gasteiger partial charge in [0, 0.05) is 7.05 Å². The highest BCUT2D eigenvalue weighted by Crippen LogP contribution is 2.48. The summed E-state index contributed by atoms with van der Waals surface area (Å²) in [5, 5.41) is 0. The second-order valence-electron chi connectivity index (χ2n) is 4.45. The number of carbonyl (C=O) groups is 1. The lowest BCUT2D eigenvalue weighted by Crippen LogP contribution is -2.13. The minimum atomic E-state index is -1.02. The average Bonchev–Trinajstić information content (AvgIpc) is 2.55. The van der Waals surface area contributed by atoms with E-state index in [1.165, 1.54) is 0 Å². The van der Waals surface area contributed by atoms with Crippen molar-refractivity contribution in [2.75, 3.05) is 18.3 Å². The van der Waals surface area contributed by atoms with Gasteiger partial charge in [-0.1, -0.05) is 12.1 Å². The number of ketones is 1. The van der Waals surface area contributed by atoms with Gasteiger partial charge in [-0.05, 0) is 39.5 Å². The van der Waals surface area contributed by atoms with Gasteiger partial charge < -0.3 is 4.57 Å². The van der Waals surface area contributed by atoms with E-state index in [-0.39, 0.29) is 5.78 Å². The molecule has 17 heavy (non-hydrogen) atoms. The van der Waals surface area contributed by atoms with Crippen LogP contribution in [-0.4, -0.2) is 33.6 Å². The van der Waals surface area contributed by atoms with Crippen LogP contribution in [0.5, 0.6) is 0 Å². The molecule has 0 fully saturated rings. The molecule has 0 bridgehead atoms. The Labute approximate surface area is 110 Å². The third-order valence-corrected chi connectivity index (χ3v) is 4.15. The monoisotopic (exact) mass is 314 g/mol. The molecule has 0 amide bonds. The van der Waals surface area contributed by atoms with Crippen molar-refractivity contribution >= 4 is 40.1 Å². The lowest BCUT2D eigenvalue weighted by Gasteiger charge is -2.20. The van der Waals surface area contributed by atoms with Gasteiger partial charge in [-0.15, -0.1) is 0 Å². The Hall–Kier alpha value is -0.810. The Bertz CT molecular complexity index is 571. The molecule has 0 aliphatic carbocycles. The fraction of sp³-hybridized carbons (Fsp3) is 0.333. The van der Waals surface area contributed by atoms with E-state index in [4.69, 9.17) is 0 Å². The first-order valence-corrected chi connectivity index (χ1v) is 9.70. The predicted octanol–water partition coefficient (Wildman–Crippen LogP) is 3.13. The summed E-state index contributed by atoms with van der Waals surface area (Å²) in [5.74, 6) is 1.16. The first kappa shape index (κ1) is 12.6. The summed E-state index contributed by atoms with van der Waals surface area (Å²) in [7, 11) is 0.872. The summed E-state index contributed by atoms with van der Waals surface area (Å²) < 4.78 is 1.87. The van der Waals surface area contributed by atoms with E-state index in [0.29, 0.717) is 11.6 Å². The summed E-state index contributed by atoms with van der Waals surface area (Å²) in [5.41, 5.74) is 1.87. The fourth-order valence-electron chi connectivity index (χ4n) is 1.77. The van der Waals surface area contributed by atoms with Crippen molar-refractivity contribution in [1.82, 2.24) is 9.55 Å². The number of rotatable bonds is 3. The highest BCUT2D eigenvalue weighted by Gasteiger charge is 2.19. The third kappa shape index (κ3) is 2.72. The molecule has 1 aromatic heterocycles. The van der Waals surface area contributed by atoms with Crippen LogP contribution < -0.4 is 0 Å². The number of nitrogens with zero attached hydrogens (tertiary/aromatic N) is 2. The van der Waals surface area contributed by atoms with Crippen LogP contribution >= 0.6 is 23.3 Å². The van der Waals surface area contributed by atoms with E-state index in [2.05, 4.69) is 32.3 Å². The zero-order valence-corrected chi connectivity index (χ0v) is 12.5. The van der Waals surface area contributed by atoms with Crippen molar-refractivity contribution in [3.63, 3.8) is 0 Å². The van der Waals surface area contributed by atoms with Gasteiger partial charge in [0.05, 0.1) is 16.8 Å². The number of benzene rings is 1. The Morgan fingerprint density at radius 2 is 2.06 bits per heavy atom. The van der Waals surface area contributed by atoms with Gasteiger partial charge in [-0.25, -0.2) is 4.98 Å². The summed E-state index contributed by atoms with van der Waals surface area (Å²) in [6.45, 7) is 0. The van der Waals surface area contributed by atoms with Crippen molar-refractivity contribution in [3.8, 4) is 0 Å². The number of Topliss-reactive ketones (excluding diaryl/α,β-unsaturated/α-hetero) is 1. The molecule has 3 nitrogen and oxygen atoms in total. The van der Waals surface area contributed by atoms with Crippen LogP contribution in [0.3, 0.4) is 0 Å². The van der Waals surface area contributed by atoms with Crippen LogP contribution in [0.2, 0.25) is 0 Å². The van der Waals surface area contributed by atoms with E-state index in [1.807, 2.05) is 35.9 Å². The lowest BCUT2D eigenvalue weighted by molar-refractivity contribution is 0.101. The van der Waals surface area contributed by atoms with Crippen molar-refractivity contribution in [2.45, 2.75) is 0 Å². The van der Waals surface area contributed by atoms with Gasteiger partial charge in [0.2, 0.25) is 5.78 Å². The molecule has 1 aromatic carbocycles. The van der Waals surface area contributed by atoms with Gasteiger partial charge >= 0.3 is 0 Å². The molecule has 5 heteroatoms. The van der Waals surface area contributed by atoms with Gasteiger partial charge in [-0.3, -0.25) is 4.79 Å². The maximum Gasteiger partial charge on any atom is 0.207 e. The Morgan fingerprint density at radius 1 is 1.41 bits per heavy atom. The Balaban J connectivity index is 2.43. The smallest absolute Gasteiger partial charge is 0.207 e. The number of hydrogen-bond donors (Lipinski definition) is 0. The maximum atomic E-state index is 12.2. The number of aromatic nitrogens is 2. The average molecular weight is 315 g/mol. The second kappa shape index (κ2) is 4.46. The molecule has 92 valence electrons. The van der Waals surface area contributed by atoms with E-state index in [0.717, 1.165) is 11.0 Å². The molecule has 2 rings (SSSR count). The predicted molar refractivity (Wildman–Crippen MR) is 78.3 cm³/mol.